The summed E-state index contributed by atoms with van der Waals surface area (Å²) in [5, 5.41) is 14.2. The number of nitrogens with zero attached hydrogens (tertiary/aromatic N) is 2. The zero-order chi connectivity index (χ0) is 11.9. The highest BCUT2D eigenvalue weighted by molar-refractivity contribution is 6.02. The average Bonchev–Trinajstić information content (AvgIpc) is 2.22. The summed E-state index contributed by atoms with van der Waals surface area (Å²) in [6, 6.07) is 6.69. The quantitative estimate of drug-likeness (QED) is 0.767. The Labute approximate surface area is 94.9 Å². The zero-order valence-electron chi connectivity index (χ0n) is 9.64. The first-order valence-corrected chi connectivity index (χ1v) is 5.21. The van der Waals surface area contributed by atoms with E-state index in [4.69, 9.17) is 0 Å². The first-order valence-electron chi connectivity index (χ1n) is 5.21. The van der Waals surface area contributed by atoms with Crippen molar-refractivity contribution in [3.05, 3.63) is 24.3 Å². The molecule has 0 saturated heterocycles. The van der Waals surface area contributed by atoms with Crippen molar-refractivity contribution in [2.75, 3.05) is 11.9 Å². The van der Waals surface area contributed by atoms with Crippen LogP contribution in [0, 0.1) is 0 Å². The molecule has 4 heteroatoms. The molecule has 2 rings (SSSR count). The number of rotatable bonds is 1. The van der Waals surface area contributed by atoms with Crippen LogP contribution in [-0.4, -0.2) is 29.7 Å². The average molecular weight is 219 g/mol. The number of anilines is 1. The molecule has 0 fully saturated rings. The highest BCUT2D eigenvalue weighted by Crippen LogP contribution is 2.32. The van der Waals surface area contributed by atoms with Gasteiger partial charge in [-0.05, 0) is 26.0 Å². The van der Waals surface area contributed by atoms with Gasteiger partial charge in [0, 0.05) is 7.05 Å². The summed E-state index contributed by atoms with van der Waals surface area (Å²) in [6.45, 7) is 3.20. The summed E-state index contributed by atoms with van der Waals surface area (Å²) in [7, 11) is 1.70. The number of benzene rings is 1. The third-order valence-corrected chi connectivity index (χ3v) is 2.74. The number of likely N-dealkylation sites (N-methyl/N-ethyl adjacent to an activating group) is 1. The van der Waals surface area contributed by atoms with Crippen LogP contribution in [0.3, 0.4) is 0 Å². The van der Waals surface area contributed by atoms with Crippen LogP contribution >= 0.6 is 0 Å². The normalized spacial score (nSPS) is 20.4. The van der Waals surface area contributed by atoms with Crippen LogP contribution in [0.15, 0.2) is 24.3 Å². The van der Waals surface area contributed by atoms with Gasteiger partial charge in [-0.25, -0.2) is 0 Å². The summed E-state index contributed by atoms with van der Waals surface area (Å²) in [6.07, 6.45) is 0. The van der Waals surface area contributed by atoms with E-state index in [0.717, 1.165) is 11.4 Å². The van der Waals surface area contributed by atoms with E-state index in [2.05, 4.69) is 5.32 Å². The third-order valence-electron chi connectivity index (χ3n) is 2.74. The van der Waals surface area contributed by atoms with Gasteiger partial charge in [-0.15, -0.1) is 0 Å². The highest BCUT2D eigenvalue weighted by Gasteiger charge is 2.40. The molecule has 85 valence electrons. The lowest BCUT2D eigenvalue weighted by Crippen LogP contribution is -2.55. The van der Waals surface area contributed by atoms with Gasteiger partial charge in [0.15, 0.2) is 6.04 Å². The van der Waals surface area contributed by atoms with Gasteiger partial charge in [0.05, 0.1) is 17.0 Å². The second-order valence-corrected chi connectivity index (χ2v) is 4.57. The van der Waals surface area contributed by atoms with E-state index in [1.807, 2.05) is 24.3 Å². The van der Waals surface area contributed by atoms with Crippen molar-refractivity contribution in [2.24, 2.45) is 0 Å². The van der Waals surface area contributed by atoms with E-state index in [9.17, 15) is 9.90 Å². The van der Waals surface area contributed by atoms with Crippen molar-refractivity contribution in [3.8, 4) is 0 Å². The van der Waals surface area contributed by atoms with E-state index in [-0.39, 0.29) is 5.91 Å². The van der Waals surface area contributed by atoms with E-state index in [0.29, 0.717) is 0 Å². The summed E-state index contributed by atoms with van der Waals surface area (Å²) >= 11 is 0. The van der Waals surface area contributed by atoms with Crippen LogP contribution in [0.4, 0.5) is 11.4 Å². The van der Waals surface area contributed by atoms with Gasteiger partial charge in [-0.3, -0.25) is 10.1 Å². The molecule has 0 unspecified atom stereocenters. The van der Waals surface area contributed by atoms with E-state index < -0.39 is 11.6 Å². The first kappa shape index (κ1) is 11.0. The van der Waals surface area contributed by atoms with E-state index in [1.54, 1.807) is 25.8 Å². The maximum atomic E-state index is 12.0. The summed E-state index contributed by atoms with van der Waals surface area (Å²) in [4.78, 5) is 13.6. The first-order chi connectivity index (χ1) is 7.41. The minimum atomic E-state index is -1.14. The Morgan fingerprint density at radius 2 is 2.00 bits per heavy atom. The Hall–Kier alpha value is -1.55. The molecular formula is C12H15N2O2. The molecule has 1 heterocycles. The van der Waals surface area contributed by atoms with Crippen LogP contribution < -0.4 is 10.2 Å². The number of hydrogen-bond donors (Lipinski definition) is 1. The molecule has 16 heavy (non-hydrogen) atoms. The molecule has 1 aliphatic heterocycles. The van der Waals surface area contributed by atoms with Gasteiger partial charge in [-0.1, -0.05) is 12.1 Å². The highest BCUT2D eigenvalue weighted by atomic mass is 16.3. The van der Waals surface area contributed by atoms with E-state index >= 15 is 0 Å². The van der Waals surface area contributed by atoms with Crippen LogP contribution in [0.25, 0.3) is 0 Å². The fourth-order valence-corrected chi connectivity index (χ4v) is 1.81. The predicted molar refractivity (Wildman–Crippen MR) is 61.7 cm³/mol. The molecule has 1 aromatic carbocycles. The number of amides is 1. The minimum absolute atomic E-state index is 0.175. The lowest BCUT2D eigenvalue weighted by Gasteiger charge is -2.36. The Kier molecular flexibility index (Phi) is 2.39. The fraction of sp³-hybridized carbons (Fsp3) is 0.417. The van der Waals surface area contributed by atoms with Gasteiger partial charge in [-0.2, -0.15) is 0 Å². The fourth-order valence-electron chi connectivity index (χ4n) is 1.81. The Balaban J connectivity index is 2.44. The van der Waals surface area contributed by atoms with Crippen LogP contribution in [0.1, 0.15) is 13.8 Å². The third kappa shape index (κ3) is 1.65. The Morgan fingerprint density at radius 1 is 1.38 bits per heavy atom. The van der Waals surface area contributed by atoms with Gasteiger partial charge in [0.1, 0.15) is 0 Å². The number of fused-ring (bicyclic) bond motifs is 1. The van der Waals surface area contributed by atoms with Gasteiger partial charge >= 0.3 is 0 Å². The Bertz CT molecular complexity index is 423. The molecule has 0 spiro atoms. The van der Waals surface area contributed by atoms with Crippen LogP contribution in [-0.2, 0) is 4.79 Å². The van der Waals surface area contributed by atoms with Crippen molar-refractivity contribution in [3.63, 3.8) is 0 Å². The lowest BCUT2D eigenvalue weighted by molar-refractivity contribution is -0.125. The SMILES string of the molecule is CN1C(=O)[C@H](C(C)(C)O)[N]c2ccccc21. The van der Waals surface area contributed by atoms with Crippen molar-refractivity contribution in [2.45, 2.75) is 25.5 Å². The molecule has 0 saturated carbocycles. The molecule has 1 amide bonds. The molecule has 1 N–H and O–H groups in total. The number of carbonyl (C=O) groups excluding carboxylic acids is 1. The van der Waals surface area contributed by atoms with Gasteiger partial charge in [0.2, 0.25) is 0 Å². The van der Waals surface area contributed by atoms with Crippen molar-refractivity contribution in [1.29, 1.82) is 0 Å². The van der Waals surface area contributed by atoms with Crippen molar-refractivity contribution < 1.29 is 9.90 Å². The second-order valence-electron chi connectivity index (χ2n) is 4.57. The number of carbonyl (C=O) groups is 1. The molecular weight excluding hydrogens is 204 g/mol. The van der Waals surface area contributed by atoms with Crippen LogP contribution in [0.2, 0.25) is 0 Å². The minimum Gasteiger partial charge on any atom is -0.388 e. The topological polar surface area (TPSA) is 54.6 Å². The predicted octanol–water partition coefficient (Wildman–Crippen LogP) is 1.04. The molecule has 1 aliphatic rings. The molecule has 0 bridgehead atoms. The molecule has 1 atom stereocenters. The van der Waals surface area contributed by atoms with Crippen molar-refractivity contribution >= 4 is 17.3 Å². The largest absolute Gasteiger partial charge is 0.388 e. The summed E-state index contributed by atoms with van der Waals surface area (Å²) in [5.74, 6) is -0.175. The standard InChI is InChI=1S/C12H15N2O2/c1-12(2,16)10-11(15)14(3)9-7-5-4-6-8(9)13-10/h4-7,10,16H,1-3H3/t10-/m1/s1. The molecule has 4 nitrogen and oxygen atoms in total. The maximum absolute atomic E-state index is 12.0. The Morgan fingerprint density at radius 3 is 2.62 bits per heavy atom. The summed E-state index contributed by atoms with van der Waals surface area (Å²) < 4.78 is 0. The van der Waals surface area contributed by atoms with Crippen molar-refractivity contribution in [1.82, 2.24) is 5.32 Å². The second kappa shape index (κ2) is 3.49. The molecule has 1 radical (unpaired) electrons. The maximum Gasteiger partial charge on any atom is 0.254 e. The van der Waals surface area contributed by atoms with E-state index in [1.165, 1.54) is 0 Å². The van der Waals surface area contributed by atoms with Gasteiger partial charge < -0.3 is 10.0 Å². The number of hydrogen-bond acceptors (Lipinski definition) is 2. The number of aliphatic hydroxyl groups is 1. The number of para-hydroxylation sites is 2. The smallest absolute Gasteiger partial charge is 0.254 e. The lowest BCUT2D eigenvalue weighted by atomic mass is 9.95. The molecule has 1 aromatic rings. The molecule has 0 aliphatic carbocycles. The van der Waals surface area contributed by atoms with Crippen LogP contribution in [0.5, 0.6) is 0 Å². The molecule has 0 aromatic heterocycles. The monoisotopic (exact) mass is 219 g/mol. The zero-order valence-corrected chi connectivity index (χ0v) is 9.64. The van der Waals surface area contributed by atoms with Gasteiger partial charge in [0.25, 0.3) is 5.91 Å². The summed E-state index contributed by atoms with van der Waals surface area (Å²) in [5.41, 5.74) is 0.392.